The number of ether oxygens (including phenoxy) is 1. The van der Waals surface area contributed by atoms with Gasteiger partial charge in [0.1, 0.15) is 6.10 Å². The van der Waals surface area contributed by atoms with Crippen molar-refractivity contribution in [2.75, 3.05) is 0 Å². The molecule has 94 valence electrons. The van der Waals surface area contributed by atoms with E-state index in [2.05, 4.69) is 6.92 Å². The van der Waals surface area contributed by atoms with Crippen LogP contribution in [0.4, 0.5) is 0 Å². The third-order valence-corrected chi connectivity index (χ3v) is 3.92. The maximum atomic E-state index is 11.5. The first-order valence-corrected chi connectivity index (χ1v) is 6.52. The number of rotatable bonds is 4. The molecule has 0 radical (unpaired) electrons. The largest absolute Gasteiger partial charge is 0.462 e. The van der Waals surface area contributed by atoms with E-state index in [9.17, 15) is 9.59 Å². The molecule has 1 aliphatic heterocycles. The Kier molecular flexibility index (Phi) is 3.65. The molecule has 1 aliphatic carbocycles. The number of allylic oxidation sites excluding steroid dienone is 2. The van der Waals surface area contributed by atoms with Gasteiger partial charge in [0.25, 0.3) is 0 Å². The summed E-state index contributed by atoms with van der Waals surface area (Å²) in [7, 11) is 0. The molecule has 0 spiro atoms. The molecule has 17 heavy (non-hydrogen) atoms. The molecule has 1 heterocycles. The fourth-order valence-electron chi connectivity index (χ4n) is 3.06. The maximum Gasteiger partial charge on any atom is 0.306 e. The van der Waals surface area contributed by atoms with E-state index in [1.54, 1.807) is 6.08 Å². The third-order valence-electron chi connectivity index (χ3n) is 3.92. The number of carbonyl (C=O) groups is 2. The molecule has 0 N–H and O–H groups in total. The number of hydrogen-bond donors (Lipinski definition) is 0. The van der Waals surface area contributed by atoms with Gasteiger partial charge in [0, 0.05) is 12.3 Å². The highest BCUT2D eigenvalue weighted by Crippen LogP contribution is 2.45. The van der Waals surface area contributed by atoms with Gasteiger partial charge < -0.3 is 4.74 Å². The van der Waals surface area contributed by atoms with Crippen LogP contribution in [0.2, 0.25) is 0 Å². The molecule has 2 fully saturated rings. The van der Waals surface area contributed by atoms with Crippen LogP contribution in [0.3, 0.4) is 0 Å². The third kappa shape index (κ3) is 2.59. The number of carbonyl (C=O) groups excluding carboxylic acids is 2. The summed E-state index contributed by atoms with van der Waals surface area (Å²) < 4.78 is 5.28. The Morgan fingerprint density at radius 3 is 3.00 bits per heavy atom. The van der Waals surface area contributed by atoms with E-state index in [1.807, 2.05) is 13.0 Å². The summed E-state index contributed by atoms with van der Waals surface area (Å²) in [4.78, 5) is 22.7. The Labute approximate surface area is 102 Å². The predicted octanol–water partition coefficient (Wildman–Crippen LogP) is 2.50. The van der Waals surface area contributed by atoms with E-state index in [0.29, 0.717) is 30.6 Å². The zero-order valence-electron chi connectivity index (χ0n) is 10.5. The summed E-state index contributed by atoms with van der Waals surface area (Å²) >= 11 is 0. The van der Waals surface area contributed by atoms with Gasteiger partial charge in [0.05, 0.1) is 6.42 Å². The smallest absolute Gasteiger partial charge is 0.306 e. The molecule has 1 saturated carbocycles. The first kappa shape index (κ1) is 12.3. The van der Waals surface area contributed by atoms with Crippen molar-refractivity contribution in [3.05, 3.63) is 12.2 Å². The zero-order chi connectivity index (χ0) is 12.4. The van der Waals surface area contributed by atoms with E-state index in [0.717, 1.165) is 12.8 Å². The second-order valence-corrected chi connectivity index (χ2v) is 5.26. The van der Waals surface area contributed by atoms with Gasteiger partial charge in [-0.25, -0.2) is 0 Å². The molecule has 0 aromatic rings. The van der Waals surface area contributed by atoms with E-state index in [1.165, 1.54) is 0 Å². The van der Waals surface area contributed by atoms with Gasteiger partial charge in [-0.05, 0) is 30.8 Å². The van der Waals surface area contributed by atoms with Crippen molar-refractivity contribution in [1.82, 2.24) is 0 Å². The first-order valence-electron chi connectivity index (χ1n) is 6.52. The van der Waals surface area contributed by atoms with Crippen LogP contribution in [0.25, 0.3) is 0 Å². The lowest BCUT2D eigenvalue weighted by molar-refractivity contribution is -0.141. The van der Waals surface area contributed by atoms with Gasteiger partial charge in [-0.3, -0.25) is 9.59 Å². The number of ketones is 1. The fraction of sp³-hybridized carbons (Fsp3) is 0.714. The van der Waals surface area contributed by atoms with Crippen LogP contribution < -0.4 is 0 Å². The van der Waals surface area contributed by atoms with Crippen molar-refractivity contribution in [2.45, 2.75) is 45.6 Å². The first-order chi connectivity index (χ1) is 8.11. The standard InChI is InChI=1S/C14H20O3/c1-3-4-10(15)5-6-11-9(2)7-13-12(11)8-14(16)17-13/h5-6,9,11-13H,3-4,7-8H2,1-2H3/b6-5+/t9-,11+,12-,13+/m1/s1. The lowest BCUT2D eigenvalue weighted by atomic mass is 9.88. The Morgan fingerprint density at radius 2 is 2.29 bits per heavy atom. The van der Waals surface area contributed by atoms with Gasteiger partial charge in [0.2, 0.25) is 0 Å². The highest BCUT2D eigenvalue weighted by atomic mass is 16.6. The lowest BCUT2D eigenvalue weighted by Crippen LogP contribution is -2.13. The normalized spacial score (nSPS) is 36.2. The van der Waals surface area contributed by atoms with Gasteiger partial charge >= 0.3 is 5.97 Å². The van der Waals surface area contributed by atoms with Gasteiger partial charge in [-0.15, -0.1) is 0 Å². The van der Waals surface area contributed by atoms with Crippen LogP contribution in [-0.4, -0.2) is 17.9 Å². The molecular formula is C14H20O3. The molecule has 2 aliphatic rings. The summed E-state index contributed by atoms with van der Waals surface area (Å²) in [6.45, 7) is 4.18. The molecule has 3 nitrogen and oxygen atoms in total. The van der Waals surface area contributed by atoms with Crippen LogP contribution in [0.1, 0.15) is 39.5 Å². The van der Waals surface area contributed by atoms with Crippen molar-refractivity contribution in [2.24, 2.45) is 17.8 Å². The molecule has 0 aromatic heterocycles. The minimum absolute atomic E-state index is 0.0785. The Morgan fingerprint density at radius 1 is 1.53 bits per heavy atom. The summed E-state index contributed by atoms with van der Waals surface area (Å²) in [6.07, 6.45) is 6.76. The molecular weight excluding hydrogens is 216 g/mol. The zero-order valence-corrected chi connectivity index (χ0v) is 10.5. The quantitative estimate of drug-likeness (QED) is 0.556. The minimum Gasteiger partial charge on any atom is -0.462 e. The van der Waals surface area contributed by atoms with Crippen LogP contribution in [0.5, 0.6) is 0 Å². The summed E-state index contributed by atoms with van der Waals surface area (Å²) in [5, 5.41) is 0. The van der Waals surface area contributed by atoms with Crippen LogP contribution in [0.15, 0.2) is 12.2 Å². The minimum atomic E-state index is -0.0785. The van der Waals surface area contributed by atoms with Crippen molar-refractivity contribution in [1.29, 1.82) is 0 Å². The van der Waals surface area contributed by atoms with Crippen molar-refractivity contribution < 1.29 is 14.3 Å². The molecule has 0 bridgehead atoms. The molecule has 4 atom stereocenters. The van der Waals surface area contributed by atoms with E-state index in [-0.39, 0.29) is 17.9 Å². The summed E-state index contributed by atoms with van der Waals surface area (Å²) in [5.41, 5.74) is 0. The van der Waals surface area contributed by atoms with E-state index >= 15 is 0 Å². The number of esters is 1. The van der Waals surface area contributed by atoms with Crippen LogP contribution in [0, 0.1) is 17.8 Å². The van der Waals surface area contributed by atoms with Crippen molar-refractivity contribution in [3.63, 3.8) is 0 Å². The second kappa shape index (κ2) is 5.03. The van der Waals surface area contributed by atoms with Crippen molar-refractivity contribution in [3.8, 4) is 0 Å². The average Bonchev–Trinajstić information content (AvgIpc) is 2.71. The summed E-state index contributed by atoms with van der Waals surface area (Å²) in [6, 6.07) is 0. The summed E-state index contributed by atoms with van der Waals surface area (Å²) in [5.74, 6) is 1.23. The van der Waals surface area contributed by atoms with E-state index < -0.39 is 0 Å². The monoisotopic (exact) mass is 236 g/mol. The Balaban J connectivity index is 2.00. The predicted molar refractivity (Wildman–Crippen MR) is 64.3 cm³/mol. The number of hydrogen-bond acceptors (Lipinski definition) is 3. The lowest BCUT2D eigenvalue weighted by Gasteiger charge is -2.14. The Bertz CT molecular complexity index is 345. The maximum absolute atomic E-state index is 11.5. The van der Waals surface area contributed by atoms with Gasteiger partial charge in [-0.1, -0.05) is 19.9 Å². The van der Waals surface area contributed by atoms with E-state index in [4.69, 9.17) is 4.74 Å². The van der Waals surface area contributed by atoms with Crippen molar-refractivity contribution >= 4 is 11.8 Å². The Hall–Kier alpha value is -1.12. The molecule has 0 aromatic carbocycles. The SMILES string of the molecule is CCCC(=O)/C=C/[C@@H]1[C@H]2CC(=O)O[C@H]2C[C@H]1C. The second-order valence-electron chi connectivity index (χ2n) is 5.26. The molecule has 1 saturated heterocycles. The van der Waals surface area contributed by atoms with Crippen LogP contribution >= 0.6 is 0 Å². The van der Waals surface area contributed by atoms with Gasteiger partial charge in [0.15, 0.2) is 5.78 Å². The highest BCUT2D eigenvalue weighted by Gasteiger charge is 2.47. The number of fused-ring (bicyclic) bond motifs is 1. The molecule has 0 unspecified atom stereocenters. The highest BCUT2D eigenvalue weighted by molar-refractivity contribution is 5.89. The topological polar surface area (TPSA) is 43.4 Å². The molecule has 0 amide bonds. The van der Waals surface area contributed by atoms with Gasteiger partial charge in [-0.2, -0.15) is 0 Å². The average molecular weight is 236 g/mol. The molecule has 3 heteroatoms. The van der Waals surface area contributed by atoms with Crippen LogP contribution in [-0.2, 0) is 14.3 Å². The fourth-order valence-corrected chi connectivity index (χ4v) is 3.06. The molecule has 2 rings (SSSR count).